The number of benzene rings is 2. The van der Waals surface area contributed by atoms with Crippen molar-refractivity contribution in [3.63, 3.8) is 0 Å². The van der Waals surface area contributed by atoms with E-state index < -0.39 is 7.55 Å². The molecular weight excluding hydrogens is 198 g/mol. The van der Waals surface area contributed by atoms with Gasteiger partial charge in [-0.25, -0.2) is 0 Å². The standard InChI is InChI=1S/C13H11BP/c14-11-15(12-7-3-1-4-8-12)13-9-5-2-6-10-13/h1-11H/q+1. The van der Waals surface area contributed by atoms with Gasteiger partial charge in [-0.1, -0.05) is 36.4 Å². The van der Waals surface area contributed by atoms with Gasteiger partial charge in [0.2, 0.25) is 0 Å². The van der Waals surface area contributed by atoms with E-state index in [-0.39, 0.29) is 0 Å². The first-order valence-corrected chi connectivity index (χ1v) is 6.27. The molecule has 2 aromatic carbocycles. The Labute approximate surface area is 92.8 Å². The molecule has 0 aliphatic carbocycles. The van der Waals surface area contributed by atoms with Gasteiger partial charge in [0.1, 0.15) is 0 Å². The monoisotopic (exact) mass is 209 g/mol. The van der Waals surface area contributed by atoms with Crippen LogP contribution in [0.25, 0.3) is 0 Å². The second-order valence-electron chi connectivity index (χ2n) is 3.19. The van der Waals surface area contributed by atoms with Crippen LogP contribution in [0, 0.1) is 0 Å². The van der Waals surface area contributed by atoms with E-state index in [0.29, 0.717) is 0 Å². The van der Waals surface area contributed by atoms with Gasteiger partial charge in [0.15, 0.2) is 26.0 Å². The minimum Gasteiger partial charge on any atom is -0.0619 e. The maximum Gasteiger partial charge on any atom is 0.167 e. The highest BCUT2D eigenvalue weighted by Gasteiger charge is 2.14. The topological polar surface area (TPSA) is 0 Å². The van der Waals surface area contributed by atoms with E-state index in [1.165, 1.54) is 10.6 Å². The lowest BCUT2D eigenvalue weighted by molar-refractivity contribution is 1.76. The van der Waals surface area contributed by atoms with Crippen LogP contribution in [-0.4, -0.2) is 13.5 Å². The zero-order valence-electron chi connectivity index (χ0n) is 8.38. The highest BCUT2D eigenvalue weighted by Crippen LogP contribution is 2.19. The molecule has 0 saturated carbocycles. The molecule has 2 heteroatoms. The van der Waals surface area contributed by atoms with Crippen LogP contribution in [0.3, 0.4) is 0 Å². The lowest BCUT2D eigenvalue weighted by Crippen LogP contribution is -2.07. The highest BCUT2D eigenvalue weighted by atomic mass is 31.1. The van der Waals surface area contributed by atoms with Crippen LogP contribution in [0.5, 0.6) is 0 Å². The molecule has 0 spiro atoms. The van der Waals surface area contributed by atoms with Crippen molar-refractivity contribution in [1.82, 2.24) is 0 Å². The minimum atomic E-state index is -0.496. The quantitative estimate of drug-likeness (QED) is 0.524. The summed E-state index contributed by atoms with van der Waals surface area (Å²) in [4.78, 5) is 0. The summed E-state index contributed by atoms with van der Waals surface area (Å²) in [7, 11) is 5.24. The van der Waals surface area contributed by atoms with Crippen LogP contribution in [0.2, 0.25) is 0 Å². The maximum absolute atomic E-state index is 5.74. The number of hydrogen-bond acceptors (Lipinski definition) is 0. The highest BCUT2D eigenvalue weighted by molar-refractivity contribution is 7.74. The molecular formula is C13H11BP+. The van der Waals surface area contributed by atoms with Gasteiger partial charge in [-0.3, -0.25) is 0 Å². The van der Waals surface area contributed by atoms with Crippen molar-refractivity contribution in [2.45, 2.75) is 0 Å². The van der Waals surface area contributed by atoms with Crippen molar-refractivity contribution in [2.24, 2.45) is 0 Å². The summed E-state index contributed by atoms with van der Waals surface area (Å²) in [6.45, 7) is 0. The Balaban J connectivity index is 2.44. The number of hydrogen-bond donors (Lipinski definition) is 0. The van der Waals surface area contributed by atoms with Crippen molar-refractivity contribution < 1.29 is 0 Å². The summed E-state index contributed by atoms with van der Waals surface area (Å²) >= 11 is 0. The summed E-state index contributed by atoms with van der Waals surface area (Å²) in [6, 6.07) is 20.8. The molecule has 0 aromatic heterocycles. The van der Waals surface area contributed by atoms with E-state index in [4.69, 9.17) is 7.85 Å². The summed E-state index contributed by atoms with van der Waals surface area (Å²) in [5.74, 6) is 0. The number of rotatable bonds is 2. The lowest BCUT2D eigenvalue weighted by Gasteiger charge is -1.95. The SMILES string of the molecule is [B]C=[P+](c1ccccc1)c1ccccc1. The molecule has 0 aliphatic heterocycles. The van der Waals surface area contributed by atoms with Crippen molar-refractivity contribution in [3.05, 3.63) is 60.7 Å². The Morgan fingerprint density at radius 2 is 1.13 bits per heavy atom. The molecule has 0 aliphatic rings. The van der Waals surface area contributed by atoms with Crippen LogP contribution in [0.15, 0.2) is 60.7 Å². The summed E-state index contributed by atoms with van der Waals surface area (Å²) in [5.41, 5.74) is 1.81. The largest absolute Gasteiger partial charge is 0.167 e. The molecule has 0 heterocycles. The Hall–Kier alpha value is -1.33. The fourth-order valence-electron chi connectivity index (χ4n) is 1.50. The second kappa shape index (κ2) is 4.95. The summed E-state index contributed by atoms with van der Waals surface area (Å²) in [6.07, 6.45) is 0. The van der Waals surface area contributed by atoms with Crippen LogP contribution in [-0.2, 0) is 0 Å². The third kappa shape index (κ3) is 2.37. The van der Waals surface area contributed by atoms with Crippen molar-refractivity contribution in [1.29, 1.82) is 0 Å². The average molecular weight is 209 g/mol. The fourth-order valence-corrected chi connectivity index (χ4v) is 3.13. The van der Waals surface area contributed by atoms with Gasteiger partial charge in [-0.15, -0.1) is 0 Å². The predicted octanol–water partition coefficient (Wildman–Crippen LogP) is 2.05. The first-order chi connectivity index (χ1) is 7.42. The molecule has 2 radical (unpaired) electrons. The third-order valence-electron chi connectivity index (χ3n) is 2.22. The Bertz CT molecular complexity index is 407. The first-order valence-electron chi connectivity index (χ1n) is 4.86. The van der Waals surface area contributed by atoms with Crippen LogP contribution >= 0.6 is 7.55 Å². The fraction of sp³-hybridized carbons (Fsp3) is 0. The molecule has 0 saturated heterocycles. The normalized spacial score (nSPS) is 9.60. The van der Waals surface area contributed by atoms with E-state index in [0.717, 1.165) is 0 Å². The van der Waals surface area contributed by atoms with Gasteiger partial charge in [0, 0.05) is 5.70 Å². The molecule has 0 atom stereocenters. The van der Waals surface area contributed by atoms with Crippen molar-refractivity contribution in [2.75, 3.05) is 0 Å². The smallest absolute Gasteiger partial charge is 0.0619 e. The van der Waals surface area contributed by atoms with E-state index in [1.54, 1.807) is 5.70 Å². The van der Waals surface area contributed by atoms with Gasteiger partial charge in [-0.2, -0.15) is 0 Å². The molecule has 0 fully saturated rings. The van der Waals surface area contributed by atoms with Gasteiger partial charge in [0.05, 0.1) is 0 Å². The van der Waals surface area contributed by atoms with Gasteiger partial charge in [-0.05, 0) is 24.3 Å². The van der Waals surface area contributed by atoms with Gasteiger partial charge >= 0.3 is 0 Å². The van der Waals surface area contributed by atoms with E-state index in [1.807, 2.05) is 12.1 Å². The zero-order chi connectivity index (χ0) is 10.5. The molecule has 0 N–H and O–H groups in total. The molecule has 70 valence electrons. The minimum absolute atomic E-state index is 0.496. The lowest BCUT2D eigenvalue weighted by atomic mass is 10.2. The van der Waals surface area contributed by atoms with Crippen LogP contribution in [0.1, 0.15) is 0 Å². The summed E-state index contributed by atoms with van der Waals surface area (Å²) in [5, 5.41) is 2.59. The molecule has 2 rings (SSSR count). The van der Waals surface area contributed by atoms with E-state index >= 15 is 0 Å². The molecule has 15 heavy (non-hydrogen) atoms. The third-order valence-corrected chi connectivity index (χ3v) is 4.22. The molecule has 0 unspecified atom stereocenters. The van der Waals surface area contributed by atoms with Crippen LogP contribution < -0.4 is 10.6 Å². The summed E-state index contributed by atoms with van der Waals surface area (Å²) < 4.78 is 0. The van der Waals surface area contributed by atoms with Gasteiger partial charge < -0.3 is 0 Å². The maximum atomic E-state index is 5.74. The van der Waals surface area contributed by atoms with Crippen molar-refractivity contribution in [3.8, 4) is 0 Å². The van der Waals surface area contributed by atoms with E-state index in [9.17, 15) is 0 Å². The predicted molar refractivity (Wildman–Crippen MR) is 70.9 cm³/mol. The Morgan fingerprint density at radius 3 is 1.47 bits per heavy atom. The first kappa shape index (κ1) is 10.2. The zero-order valence-corrected chi connectivity index (χ0v) is 9.27. The van der Waals surface area contributed by atoms with Crippen LogP contribution in [0.4, 0.5) is 0 Å². The van der Waals surface area contributed by atoms with Crippen molar-refractivity contribution >= 4 is 31.7 Å². The van der Waals surface area contributed by atoms with E-state index in [2.05, 4.69) is 48.5 Å². The average Bonchev–Trinajstić information content (AvgIpc) is 2.33. The Morgan fingerprint density at radius 1 is 0.733 bits per heavy atom. The molecule has 0 nitrogen and oxygen atoms in total. The van der Waals surface area contributed by atoms with Gasteiger partial charge in [0.25, 0.3) is 0 Å². The molecule has 2 aromatic rings. The Kier molecular flexibility index (Phi) is 3.37. The molecule has 0 bridgehead atoms. The molecule has 0 amide bonds. The second-order valence-corrected chi connectivity index (χ2v) is 5.26.